The minimum atomic E-state index is 0.549. The summed E-state index contributed by atoms with van der Waals surface area (Å²) in [6.45, 7) is 11.0. The molecule has 0 spiro atoms. The Balaban J connectivity index is 2.98. The molecule has 1 aromatic rings. The Bertz CT molecular complexity index is 348. The van der Waals surface area contributed by atoms with Crippen LogP contribution in [0, 0.1) is 6.92 Å². The average Bonchev–Trinajstić information content (AvgIpc) is 2.17. The van der Waals surface area contributed by atoms with E-state index in [9.17, 15) is 0 Å². The molecular weight excluding hydrogens is 186 g/mol. The van der Waals surface area contributed by atoms with Crippen molar-refractivity contribution >= 4 is 11.5 Å². The van der Waals surface area contributed by atoms with Crippen LogP contribution in [0.5, 0.6) is 0 Å². The van der Waals surface area contributed by atoms with Crippen LogP contribution >= 0.6 is 0 Å². The van der Waals surface area contributed by atoms with E-state index < -0.39 is 0 Å². The standard InChI is InChI=1S/C12H17N3/c1-4-6-15(7-5-2)11-9-14-12(13)8-10(11)3/h4-5,8-9H,1-2,6-7H2,3H3,(H2,13,14). The summed E-state index contributed by atoms with van der Waals surface area (Å²) < 4.78 is 0. The van der Waals surface area contributed by atoms with E-state index in [1.54, 1.807) is 6.20 Å². The third-order valence-corrected chi connectivity index (χ3v) is 2.14. The topological polar surface area (TPSA) is 42.2 Å². The number of hydrogen-bond donors (Lipinski definition) is 1. The quantitative estimate of drug-likeness (QED) is 0.746. The Labute approximate surface area is 90.9 Å². The molecule has 1 heterocycles. The number of nitrogens with two attached hydrogens (primary N) is 1. The fourth-order valence-electron chi connectivity index (χ4n) is 1.48. The highest BCUT2D eigenvalue weighted by Crippen LogP contribution is 2.19. The summed E-state index contributed by atoms with van der Waals surface area (Å²) in [7, 11) is 0. The summed E-state index contributed by atoms with van der Waals surface area (Å²) >= 11 is 0. The average molecular weight is 203 g/mol. The van der Waals surface area contributed by atoms with Crippen LogP contribution in [0.15, 0.2) is 37.6 Å². The predicted molar refractivity (Wildman–Crippen MR) is 66.0 cm³/mol. The molecule has 0 radical (unpaired) electrons. The lowest BCUT2D eigenvalue weighted by atomic mass is 10.2. The van der Waals surface area contributed by atoms with E-state index in [-0.39, 0.29) is 0 Å². The van der Waals surface area contributed by atoms with Gasteiger partial charge in [-0.1, -0.05) is 12.2 Å². The van der Waals surface area contributed by atoms with E-state index in [0.717, 1.165) is 24.3 Å². The van der Waals surface area contributed by atoms with Crippen LogP contribution in [-0.2, 0) is 0 Å². The minimum Gasteiger partial charge on any atom is -0.384 e. The number of nitrogen functional groups attached to an aromatic ring is 1. The first kappa shape index (κ1) is 11.3. The Hall–Kier alpha value is -1.77. The van der Waals surface area contributed by atoms with E-state index in [2.05, 4.69) is 23.0 Å². The molecule has 0 unspecified atom stereocenters. The second-order valence-electron chi connectivity index (χ2n) is 3.38. The molecule has 0 saturated heterocycles. The summed E-state index contributed by atoms with van der Waals surface area (Å²) in [5, 5.41) is 0. The predicted octanol–water partition coefficient (Wildman–Crippen LogP) is 2.15. The number of hydrogen-bond acceptors (Lipinski definition) is 3. The number of pyridine rings is 1. The van der Waals surface area contributed by atoms with Crippen LogP contribution in [0.4, 0.5) is 11.5 Å². The second kappa shape index (κ2) is 5.20. The zero-order valence-electron chi connectivity index (χ0n) is 9.11. The van der Waals surface area contributed by atoms with Gasteiger partial charge in [0, 0.05) is 13.1 Å². The van der Waals surface area contributed by atoms with Crippen LogP contribution in [0.1, 0.15) is 5.56 Å². The zero-order chi connectivity index (χ0) is 11.3. The first-order valence-corrected chi connectivity index (χ1v) is 4.88. The molecule has 0 saturated carbocycles. The maximum atomic E-state index is 5.61. The Morgan fingerprint density at radius 1 is 1.40 bits per heavy atom. The highest BCUT2D eigenvalue weighted by atomic mass is 15.1. The molecule has 15 heavy (non-hydrogen) atoms. The van der Waals surface area contributed by atoms with Gasteiger partial charge in [-0.05, 0) is 18.6 Å². The van der Waals surface area contributed by atoms with Crippen LogP contribution in [-0.4, -0.2) is 18.1 Å². The zero-order valence-corrected chi connectivity index (χ0v) is 9.11. The molecule has 2 N–H and O–H groups in total. The Morgan fingerprint density at radius 3 is 2.47 bits per heavy atom. The molecule has 1 aromatic heterocycles. The third-order valence-electron chi connectivity index (χ3n) is 2.14. The highest BCUT2D eigenvalue weighted by Gasteiger charge is 2.06. The molecule has 0 aliphatic heterocycles. The number of rotatable bonds is 5. The van der Waals surface area contributed by atoms with Crippen LogP contribution < -0.4 is 10.6 Å². The maximum Gasteiger partial charge on any atom is 0.123 e. The molecule has 3 heteroatoms. The lowest BCUT2D eigenvalue weighted by Gasteiger charge is -2.23. The van der Waals surface area contributed by atoms with Crippen molar-refractivity contribution < 1.29 is 0 Å². The van der Waals surface area contributed by atoms with Gasteiger partial charge < -0.3 is 10.6 Å². The molecule has 1 rings (SSSR count). The van der Waals surface area contributed by atoms with E-state index in [1.807, 2.05) is 25.1 Å². The summed E-state index contributed by atoms with van der Waals surface area (Å²) in [4.78, 5) is 6.23. The van der Waals surface area contributed by atoms with E-state index in [1.165, 1.54) is 0 Å². The van der Waals surface area contributed by atoms with E-state index in [0.29, 0.717) is 5.82 Å². The van der Waals surface area contributed by atoms with Gasteiger partial charge >= 0.3 is 0 Å². The Kier molecular flexibility index (Phi) is 3.92. The Morgan fingerprint density at radius 2 is 2.00 bits per heavy atom. The number of anilines is 2. The summed E-state index contributed by atoms with van der Waals surface area (Å²) in [6, 6.07) is 1.87. The van der Waals surface area contributed by atoms with Gasteiger partial charge in [-0.3, -0.25) is 0 Å². The van der Waals surface area contributed by atoms with Gasteiger partial charge in [0.2, 0.25) is 0 Å². The molecule has 0 atom stereocenters. The molecule has 0 aliphatic carbocycles. The monoisotopic (exact) mass is 203 g/mol. The smallest absolute Gasteiger partial charge is 0.123 e. The van der Waals surface area contributed by atoms with Gasteiger partial charge in [0.15, 0.2) is 0 Å². The normalized spacial score (nSPS) is 9.67. The minimum absolute atomic E-state index is 0.549. The van der Waals surface area contributed by atoms with Crippen molar-refractivity contribution in [1.29, 1.82) is 0 Å². The lowest BCUT2D eigenvalue weighted by Crippen LogP contribution is -2.24. The SMILES string of the molecule is C=CCN(CC=C)c1cnc(N)cc1C. The summed E-state index contributed by atoms with van der Waals surface area (Å²) in [5.74, 6) is 0.549. The molecule has 0 aliphatic rings. The van der Waals surface area contributed by atoms with Crippen LogP contribution in [0.25, 0.3) is 0 Å². The van der Waals surface area contributed by atoms with E-state index in [4.69, 9.17) is 5.73 Å². The van der Waals surface area contributed by atoms with Crippen LogP contribution in [0.2, 0.25) is 0 Å². The van der Waals surface area contributed by atoms with Crippen molar-refractivity contribution in [2.75, 3.05) is 23.7 Å². The lowest BCUT2D eigenvalue weighted by molar-refractivity contribution is 0.943. The number of aromatic nitrogens is 1. The molecule has 3 nitrogen and oxygen atoms in total. The molecular formula is C12H17N3. The van der Waals surface area contributed by atoms with Crippen molar-refractivity contribution in [1.82, 2.24) is 4.98 Å². The highest BCUT2D eigenvalue weighted by molar-refractivity contribution is 5.55. The molecule has 80 valence electrons. The van der Waals surface area contributed by atoms with Crippen molar-refractivity contribution in [3.05, 3.63) is 43.1 Å². The van der Waals surface area contributed by atoms with Gasteiger partial charge in [-0.2, -0.15) is 0 Å². The van der Waals surface area contributed by atoms with Crippen LogP contribution in [0.3, 0.4) is 0 Å². The first-order valence-electron chi connectivity index (χ1n) is 4.88. The largest absolute Gasteiger partial charge is 0.384 e. The van der Waals surface area contributed by atoms with Gasteiger partial charge in [0.1, 0.15) is 5.82 Å². The maximum absolute atomic E-state index is 5.61. The van der Waals surface area contributed by atoms with Gasteiger partial charge in [0.05, 0.1) is 11.9 Å². The van der Waals surface area contributed by atoms with Gasteiger partial charge in [-0.15, -0.1) is 13.2 Å². The molecule has 0 fully saturated rings. The number of aryl methyl sites for hydroxylation is 1. The molecule has 0 amide bonds. The van der Waals surface area contributed by atoms with E-state index >= 15 is 0 Å². The second-order valence-corrected chi connectivity index (χ2v) is 3.38. The van der Waals surface area contributed by atoms with Crippen molar-refractivity contribution in [2.24, 2.45) is 0 Å². The molecule has 0 aromatic carbocycles. The van der Waals surface area contributed by atoms with Crippen molar-refractivity contribution in [3.63, 3.8) is 0 Å². The fourth-order valence-corrected chi connectivity index (χ4v) is 1.48. The summed E-state index contributed by atoms with van der Waals surface area (Å²) in [5.41, 5.74) is 7.80. The third kappa shape index (κ3) is 2.84. The first-order chi connectivity index (χ1) is 7.19. The summed E-state index contributed by atoms with van der Waals surface area (Å²) in [6.07, 6.45) is 5.51. The number of nitrogens with zero attached hydrogens (tertiary/aromatic N) is 2. The van der Waals surface area contributed by atoms with Crippen molar-refractivity contribution in [2.45, 2.75) is 6.92 Å². The van der Waals surface area contributed by atoms with Gasteiger partial charge in [0.25, 0.3) is 0 Å². The van der Waals surface area contributed by atoms with Crippen molar-refractivity contribution in [3.8, 4) is 0 Å². The fraction of sp³-hybridized carbons (Fsp3) is 0.250. The molecule has 0 bridgehead atoms. The van der Waals surface area contributed by atoms with Gasteiger partial charge in [-0.25, -0.2) is 4.98 Å².